The molecule has 0 radical (unpaired) electrons. The fourth-order valence-electron chi connectivity index (χ4n) is 4.67. The summed E-state index contributed by atoms with van der Waals surface area (Å²) in [4.78, 5) is 29.9. The largest absolute Gasteiger partial charge is 0.377 e. The molecule has 2 heterocycles. The quantitative estimate of drug-likeness (QED) is 0.614. The number of nitrogens with one attached hydrogen (secondary N) is 1. The first kappa shape index (κ1) is 22.2. The van der Waals surface area contributed by atoms with Crippen LogP contribution in [0.5, 0.6) is 0 Å². The number of carbonyl (C=O) groups excluding carboxylic acids is 2. The molecule has 1 aromatic rings. The van der Waals surface area contributed by atoms with Gasteiger partial charge >= 0.3 is 0 Å². The van der Waals surface area contributed by atoms with Gasteiger partial charge in [-0.3, -0.25) is 14.5 Å². The maximum absolute atomic E-state index is 13.4. The summed E-state index contributed by atoms with van der Waals surface area (Å²) in [6.45, 7) is 3.45. The van der Waals surface area contributed by atoms with E-state index in [2.05, 4.69) is 10.2 Å². The van der Waals surface area contributed by atoms with Gasteiger partial charge in [-0.2, -0.15) is 0 Å². The number of rotatable bonds is 9. The monoisotopic (exact) mass is 432 g/mol. The van der Waals surface area contributed by atoms with Crippen molar-refractivity contribution < 1.29 is 18.7 Å². The van der Waals surface area contributed by atoms with Gasteiger partial charge in [0, 0.05) is 51.3 Å². The van der Waals surface area contributed by atoms with Crippen LogP contribution in [0.25, 0.3) is 0 Å². The number of carbonyl (C=O) groups is 2. The Morgan fingerprint density at radius 2 is 2.00 bits per heavy atom. The molecule has 0 aromatic heterocycles. The highest BCUT2D eigenvalue weighted by molar-refractivity contribution is 5.90. The van der Waals surface area contributed by atoms with Crippen molar-refractivity contribution in [2.45, 2.75) is 56.8 Å². The van der Waals surface area contributed by atoms with E-state index in [1.54, 1.807) is 17.0 Å². The van der Waals surface area contributed by atoms with Crippen LogP contribution in [0.15, 0.2) is 24.3 Å². The van der Waals surface area contributed by atoms with Crippen LogP contribution in [0, 0.1) is 11.7 Å². The number of ether oxygens (including phenoxy) is 1. The first-order chi connectivity index (χ1) is 15.0. The number of amides is 2. The summed E-state index contributed by atoms with van der Waals surface area (Å²) < 4.78 is 19.3. The second kappa shape index (κ2) is 10.1. The number of likely N-dealkylation sites (tertiary alicyclic amines) is 1. The molecule has 2 saturated heterocycles. The lowest BCUT2D eigenvalue weighted by molar-refractivity contribution is -0.139. The Bertz CT molecular complexity index is 765. The summed E-state index contributed by atoms with van der Waals surface area (Å²) in [6.07, 6.45) is 4.62. The minimum Gasteiger partial charge on any atom is -0.377 e. The Labute approximate surface area is 183 Å². The Morgan fingerprint density at radius 3 is 2.65 bits per heavy atom. The van der Waals surface area contributed by atoms with Gasteiger partial charge in [-0.25, -0.2) is 4.39 Å². The molecule has 2 amide bonds. The topological polar surface area (TPSA) is 87.9 Å². The molecule has 170 valence electrons. The smallest absolute Gasteiger partial charge is 0.242 e. The van der Waals surface area contributed by atoms with Crippen molar-refractivity contribution in [3.8, 4) is 0 Å². The molecule has 3 unspecified atom stereocenters. The van der Waals surface area contributed by atoms with Crippen molar-refractivity contribution in [1.29, 1.82) is 0 Å². The molecular formula is C23H33FN4O3. The van der Waals surface area contributed by atoms with Gasteiger partial charge in [0.05, 0.1) is 6.10 Å². The summed E-state index contributed by atoms with van der Waals surface area (Å²) in [5.74, 6) is -0.226. The van der Waals surface area contributed by atoms with Crippen molar-refractivity contribution in [2.24, 2.45) is 11.7 Å². The second-order valence-electron chi connectivity index (χ2n) is 8.94. The molecule has 7 nitrogen and oxygen atoms in total. The summed E-state index contributed by atoms with van der Waals surface area (Å²) in [6, 6.07) is 6.12. The molecule has 1 aromatic carbocycles. The molecule has 8 heteroatoms. The molecule has 3 atom stereocenters. The van der Waals surface area contributed by atoms with Gasteiger partial charge in [-0.15, -0.1) is 0 Å². The molecule has 31 heavy (non-hydrogen) atoms. The average molecular weight is 433 g/mol. The van der Waals surface area contributed by atoms with Gasteiger partial charge in [0.2, 0.25) is 11.8 Å². The molecule has 4 rings (SSSR count). The van der Waals surface area contributed by atoms with Crippen LogP contribution < -0.4 is 11.1 Å². The van der Waals surface area contributed by atoms with Crippen molar-refractivity contribution in [3.05, 3.63) is 35.6 Å². The van der Waals surface area contributed by atoms with Crippen LogP contribution >= 0.6 is 0 Å². The third kappa shape index (κ3) is 5.61. The zero-order chi connectivity index (χ0) is 21.8. The standard InChI is InChI=1S/C23H33FN4O3/c24-18-7-3-16(4-8-18)13-27(15-20-2-1-11-31-20)19-12-21(22(29)26-10-9-25)28(14-19)23(30)17-5-6-17/h3-4,7-8,17,19-21H,1-2,5-6,9-15,25H2,(H,26,29). The molecule has 3 aliphatic rings. The van der Waals surface area contributed by atoms with Gasteiger partial charge < -0.3 is 20.7 Å². The number of hydrogen-bond acceptors (Lipinski definition) is 5. The summed E-state index contributed by atoms with van der Waals surface area (Å²) >= 11 is 0. The van der Waals surface area contributed by atoms with Gasteiger partial charge in [-0.1, -0.05) is 12.1 Å². The summed E-state index contributed by atoms with van der Waals surface area (Å²) in [7, 11) is 0. The lowest BCUT2D eigenvalue weighted by Gasteiger charge is -2.31. The summed E-state index contributed by atoms with van der Waals surface area (Å²) in [5, 5.41) is 2.86. The maximum atomic E-state index is 13.4. The van der Waals surface area contributed by atoms with E-state index in [9.17, 15) is 14.0 Å². The van der Waals surface area contributed by atoms with Crippen LogP contribution in [0.2, 0.25) is 0 Å². The molecule has 3 N–H and O–H groups in total. The van der Waals surface area contributed by atoms with Crippen LogP contribution in [0.4, 0.5) is 4.39 Å². The molecule has 2 aliphatic heterocycles. The van der Waals surface area contributed by atoms with E-state index in [-0.39, 0.29) is 35.7 Å². The molecule has 1 aliphatic carbocycles. The molecule has 0 bridgehead atoms. The van der Waals surface area contributed by atoms with Crippen LogP contribution in [-0.4, -0.2) is 72.6 Å². The van der Waals surface area contributed by atoms with Gasteiger partial charge in [-0.05, 0) is 49.8 Å². The molecule has 0 spiro atoms. The van der Waals surface area contributed by atoms with E-state index in [4.69, 9.17) is 10.5 Å². The lowest BCUT2D eigenvalue weighted by Crippen LogP contribution is -2.47. The van der Waals surface area contributed by atoms with Crippen LogP contribution in [-0.2, 0) is 20.9 Å². The fraction of sp³-hybridized carbons (Fsp3) is 0.652. The minimum atomic E-state index is -0.468. The average Bonchev–Trinajstić information content (AvgIpc) is 3.31. The maximum Gasteiger partial charge on any atom is 0.242 e. The Kier molecular flexibility index (Phi) is 7.20. The van der Waals surface area contributed by atoms with E-state index < -0.39 is 6.04 Å². The molecule has 3 fully saturated rings. The zero-order valence-corrected chi connectivity index (χ0v) is 18.0. The van der Waals surface area contributed by atoms with E-state index in [1.165, 1.54) is 12.1 Å². The van der Waals surface area contributed by atoms with Crippen molar-refractivity contribution >= 4 is 11.8 Å². The zero-order valence-electron chi connectivity index (χ0n) is 18.0. The predicted molar refractivity (Wildman–Crippen MR) is 114 cm³/mol. The van der Waals surface area contributed by atoms with Crippen molar-refractivity contribution in [1.82, 2.24) is 15.1 Å². The van der Waals surface area contributed by atoms with E-state index in [0.717, 1.165) is 44.4 Å². The SMILES string of the molecule is NCCNC(=O)C1CC(N(Cc2ccc(F)cc2)CC2CCCO2)CN1C(=O)C1CC1. The van der Waals surface area contributed by atoms with Crippen molar-refractivity contribution in [2.75, 3.05) is 32.8 Å². The number of halogens is 1. The van der Waals surface area contributed by atoms with Crippen LogP contribution in [0.3, 0.4) is 0 Å². The number of nitrogens with zero attached hydrogens (tertiary/aromatic N) is 2. The van der Waals surface area contributed by atoms with E-state index in [0.29, 0.717) is 32.6 Å². The molecular weight excluding hydrogens is 399 g/mol. The minimum absolute atomic E-state index is 0.0468. The van der Waals surface area contributed by atoms with E-state index in [1.807, 2.05) is 0 Å². The Hall–Kier alpha value is -2.03. The predicted octanol–water partition coefficient (Wildman–Crippen LogP) is 1.26. The first-order valence-electron chi connectivity index (χ1n) is 11.4. The number of hydrogen-bond donors (Lipinski definition) is 2. The summed E-state index contributed by atoms with van der Waals surface area (Å²) in [5.41, 5.74) is 6.56. The van der Waals surface area contributed by atoms with Gasteiger partial charge in [0.15, 0.2) is 0 Å². The Balaban J connectivity index is 1.51. The third-order valence-electron chi connectivity index (χ3n) is 6.51. The normalized spacial score (nSPS) is 25.9. The highest BCUT2D eigenvalue weighted by Crippen LogP contribution is 2.35. The number of benzene rings is 1. The van der Waals surface area contributed by atoms with Gasteiger partial charge in [0.25, 0.3) is 0 Å². The van der Waals surface area contributed by atoms with Crippen LogP contribution in [0.1, 0.15) is 37.7 Å². The Morgan fingerprint density at radius 1 is 1.23 bits per heavy atom. The second-order valence-corrected chi connectivity index (χ2v) is 8.94. The fourth-order valence-corrected chi connectivity index (χ4v) is 4.67. The highest BCUT2D eigenvalue weighted by atomic mass is 19.1. The van der Waals surface area contributed by atoms with E-state index >= 15 is 0 Å². The highest BCUT2D eigenvalue weighted by Gasteiger charge is 2.45. The van der Waals surface area contributed by atoms with Crippen molar-refractivity contribution in [3.63, 3.8) is 0 Å². The van der Waals surface area contributed by atoms with Gasteiger partial charge in [0.1, 0.15) is 11.9 Å². The third-order valence-corrected chi connectivity index (χ3v) is 6.51. The number of nitrogens with two attached hydrogens (primary N) is 1. The molecule has 1 saturated carbocycles. The lowest BCUT2D eigenvalue weighted by atomic mass is 10.1. The first-order valence-corrected chi connectivity index (χ1v) is 11.4.